The normalized spacial score (nSPS) is 27.4. The van der Waals surface area contributed by atoms with Gasteiger partial charge in [0.1, 0.15) is 5.54 Å². The van der Waals surface area contributed by atoms with Gasteiger partial charge in [0, 0.05) is 5.70 Å². The monoisotopic (exact) mass is 161 g/mol. The fourth-order valence-corrected chi connectivity index (χ4v) is 1.04. The number of nitrogens with zero attached hydrogens (tertiary/aromatic N) is 1. The van der Waals surface area contributed by atoms with E-state index < -0.39 is 5.54 Å². The van der Waals surface area contributed by atoms with Crippen molar-refractivity contribution in [2.24, 2.45) is 11.5 Å². The standard InChI is InChI=1S/C9H11N3/c1-3-7(5-10)8-4-9(8,12)6(2)11/h3-4H,2,11-12H2,1H3/b7-3-. The lowest BCUT2D eigenvalue weighted by atomic mass is 10.0. The molecular weight excluding hydrogens is 150 g/mol. The van der Waals surface area contributed by atoms with E-state index in [9.17, 15) is 0 Å². The van der Waals surface area contributed by atoms with Crippen LogP contribution < -0.4 is 11.5 Å². The molecule has 0 aromatic rings. The summed E-state index contributed by atoms with van der Waals surface area (Å²) in [5.74, 6) is 0. The van der Waals surface area contributed by atoms with Crippen molar-refractivity contribution in [3.8, 4) is 6.07 Å². The Balaban J connectivity index is 2.83. The summed E-state index contributed by atoms with van der Waals surface area (Å²) in [5.41, 5.74) is 12.2. The van der Waals surface area contributed by atoms with E-state index in [1.54, 1.807) is 19.1 Å². The predicted molar refractivity (Wildman–Crippen MR) is 47.7 cm³/mol. The maximum absolute atomic E-state index is 8.67. The van der Waals surface area contributed by atoms with E-state index in [2.05, 4.69) is 6.58 Å². The molecule has 0 saturated heterocycles. The molecule has 0 fully saturated rings. The van der Waals surface area contributed by atoms with Gasteiger partial charge in [0.15, 0.2) is 0 Å². The summed E-state index contributed by atoms with van der Waals surface area (Å²) in [5, 5.41) is 8.67. The van der Waals surface area contributed by atoms with E-state index in [4.69, 9.17) is 16.7 Å². The van der Waals surface area contributed by atoms with Crippen molar-refractivity contribution in [3.05, 3.63) is 35.6 Å². The molecule has 0 aliphatic heterocycles. The number of rotatable bonds is 2. The Bertz CT molecular complexity index is 330. The quantitative estimate of drug-likeness (QED) is 0.581. The first kappa shape index (κ1) is 8.57. The van der Waals surface area contributed by atoms with Gasteiger partial charge in [-0.1, -0.05) is 12.7 Å². The molecule has 62 valence electrons. The molecule has 0 bridgehead atoms. The lowest BCUT2D eigenvalue weighted by Gasteiger charge is -2.10. The number of hydrogen-bond acceptors (Lipinski definition) is 3. The Morgan fingerprint density at radius 3 is 2.67 bits per heavy atom. The molecule has 3 nitrogen and oxygen atoms in total. The summed E-state index contributed by atoms with van der Waals surface area (Å²) in [6.45, 7) is 5.34. The van der Waals surface area contributed by atoms with E-state index in [-0.39, 0.29) is 0 Å². The third kappa shape index (κ3) is 1.03. The Hall–Kier alpha value is -1.53. The lowest BCUT2D eigenvalue weighted by molar-refractivity contribution is 0.833. The highest BCUT2D eigenvalue weighted by molar-refractivity contribution is 5.67. The van der Waals surface area contributed by atoms with Crippen molar-refractivity contribution in [2.75, 3.05) is 0 Å². The fraction of sp³-hybridized carbons (Fsp3) is 0.222. The molecule has 4 N–H and O–H groups in total. The second-order valence-electron chi connectivity index (χ2n) is 2.77. The number of nitriles is 1. The van der Waals surface area contributed by atoms with Crippen LogP contribution in [-0.4, -0.2) is 5.54 Å². The van der Waals surface area contributed by atoms with E-state index >= 15 is 0 Å². The van der Waals surface area contributed by atoms with Crippen molar-refractivity contribution in [2.45, 2.75) is 12.5 Å². The summed E-state index contributed by atoms with van der Waals surface area (Å²) < 4.78 is 0. The van der Waals surface area contributed by atoms with E-state index in [0.29, 0.717) is 11.3 Å². The second-order valence-corrected chi connectivity index (χ2v) is 2.77. The highest BCUT2D eigenvalue weighted by Crippen LogP contribution is 2.40. The van der Waals surface area contributed by atoms with Gasteiger partial charge in [-0.2, -0.15) is 5.26 Å². The minimum Gasteiger partial charge on any atom is -0.400 e. The van der Waals surface area contributed by atoms with Crippen LogP contribution in [0.5, 0.6) is 0 Å². The SMILES string of the molecule is C=C(N)C1(N)C=C1/C(C#N)=C\C. The third-order valence-corrected chi connectivity index (χ3v) is 1.96. The molecule has 0 aromatic heterocycles. The molecule has 0 spiro atoms. The summed E-state index contributed by atoms with van der Waals surface area (Å²) in [6.07, 6.45) is 3.46. The number of hydrogen-bond donors (Lipinski definition) is 2. The molecule has 3 heteroatoms. The van der Waals surface area contributed by atoms with Gasteiger partial charge in [-0.15, -0.1) is 0 Å². The smallest absolute Gasteiger partial charge is 0.101 e. The maximum Gasteiger partial charge on any atom is 0.101 e. The fourth-order valence-electron chi connectivity index (χ4n) is 1.04. The van der Waals surface area contributed by atoms with Gasteiger partial charge in [-0.05, 0) is 18.6 Å². The van der Waals surface area contributed by atoms with Crippen LogP contribution in [0.3, 0.4) is 0 Å². The van der Waals surface area contributed by atoms with E-state index in [0.717, 1.165) is 5.57 Å². The van der Waals surface area contributed by atoms with Crippen LogP contribution in [0.1, 0.15) is 6.92 Å². The Labute approximate surface area is 71.7 Å². The molecule has 1 atom stereocenters. The minimum atomic E-state index is -0.725. The predicted octanol–water partition coefficient (Wildman–Crippen LogP) is 0.566. The molecule has 0 saturated carbocycles. The van der Waals surface area contributed by atoms with Crippen molar-refractivity contribution in [3.63, 3.8) is 0 Å². The molecule has 0 radical (unpaired) electrons. The highest BCUT2D eigenvalue weighted by atomic mass is 14.9. The molecule has 0 aromatic carbocycles. The van der Waals surface area contributed by atoms with Gasteiger partial charge in [0.05, 0.1) is 11.6 Å². The molecule has 1 aliphatic rings. The minimum absolute atomic E-state index is 0.382. The van der Waals surface area contributed by atoms with Crippen molar-refractivity contribution >= 4 is 0 Å². The molecule has 0 heterocycles. The van der Waals surface area contributed by atoms with Gasteiger partial charge in [-0.25, -0.2) is 0 Å². The summed E-state index contributed by atoms with van der Waals surface area (Å²) in [4.78, 5) is 0. The zero-order valence-electron chi connectivity index (χ0n) is 6.96. The van der Waals surface area contributed by atoms with Gasteiger partial charge in [-0.3, -0.25) is 0 Å². The van der Waals surface area contributed by atoms with Gasteiger partial charge in [0.25, 0.3) is 0 Å². The van der Waals surface area contributed by atoms with Crippen LogP contribution in [0.15, 0.2) is 35.6 Å². The van der Waals surface area contributed by atoms with Gasteiger partial charge < -0.3 is 11.5 Å². The molecule has 1 aliphatic carbocycles. The second kappa shape index (κ2) is 2.50. The lowest BCUT2D eigenvalue weighted by Crippen LogP contribution is -2.33. The van der Waals surface area contributed by atoms with Crippen LogP contribution in [-0.2, 0) is 0 Å². The average molecular weight is 161 g/mol. The average Bonchev–Trinajstić information content (AvgIpc) is 2.67. The van der Waals surface area contributed by atoms with Crippen LogP contribution in [0.25, 0.3) is 0 Å². The zero-order chi connectivity index (χ0) is 9.35. The van der Waals surface area contributed by atoms with Crippen molar-refractivity contribution in [1.82, 2.24) is 0 Å². The first-order valence-corrected chi connectivity index (χ1v) is 3.60. The molecule has 1 rings (SSSR count). The Morgan fingerprint density at radius 1 is 1.83 bits per heavy atom. The topological polar surface area (TPSA) is 75.8 Å². The van der Waals surface area contributed by atoms with Crippen molar-refractivity contribution in [1.29, 1.82) is 5.26 Å². The summed E-state index contributed by atoms with van der Waals surface area (Å²) >= 11 is 0. The van der Waals surface area contributed by atoms with Crippen LogP contribution in [0, 0.1) is 11.3 Å². The van der Waals surface area contributed by atoms with Crippen molar-refractivity contribution < 1.29 is 0 Å². The zero-order valence-corrected chi connectivity index (χ0v) is 6.96. The van der Waals surface area contributed by atoms with E-state index in [1.165, 1.54) is 0 Å². The Morgan fingerprint density at radius 2 is 2.42 bits per heavy atom. The summed E-state index contributed by atoms with van der Waals surface area (Å²) in [6, 6.07) is 2.04. The van der Waals surface area contributed by atoms with Gasteiger partial charge >= 0.3 is 0 Å². The first-order valence-electron chi connectivity index (χ1n) is 3.60. The molecule has 1 unspecified atom stereocenters. The molecular formula is C9H11N3. The van der Waals surface area contributed by atoms with Gasteiger partial charge in [0.2, 0.25) is 0 Å². The maximum atomic E-state index is 8.67. The molecule has 12 heavy (non-hydrogen) atoms. The third-order valence-electron chi connectivity index (χ3n) is 1.96. The largest absolute Gasteiger partial charge is 0.400 e. The van der Waals surface area contributed by atoms with Crippen LogP contribution in [0.4, 0.5) is 0 Å². The summed E-state index contributed by atoms with van der Waals surface area (Å²) in [7, 11) is 0. The highest BCUT2D eigenvalue weighted by Gasteiger charge is 2.43. The number of allylic oxidation sites excluding steroid dienone is 1. The first-order chi connectivity index (χ1) is 5.56. The molecule has 0 amide bonds. The van der Waals surface area contributed by atoms with E-state index in [1.807, 2.05) is 6.07 Å². The van der Waals surface area contributed by atoms with Crippen LogP contribution in [0.2, 0.25) is 0 Å². The Kier molecular flexibility index (Phi) is 1.79. The van der Waals surface area contributed by atoms with Crippen LogP contribution >= 0.6 is 0 Å². The number of nitrogens with two attached hydrogens (primary N) is 2.